The summed E-state index contributed by atoms with van der Waals surface area (Å²) in [4.78, 5) is 36.9. The molecular weight excluding hydrogens is 236 g/mol. The predicted molar refractivity (Wildman–Crippen MR) is 62.6 cm³/mol. The van der Waals surface area contributed by atoms with Gasteiger partial charge in [0.1, 0.15) is 5.92 Å². The van der Waals surface area contributed by atoms with Crippen LogP contribution >= 0.6 is 0 Å². The smallest absolute Gasteiger partial charge is 0.331 e. The van der Waals surface area contributed by atoms with Gasteiger partial charge in [-0.25, -0.2) is 4.79 Å². The van der Waals surface area contributed by atoms with Crippen LogP contribution in [0.5, 0.6) is 0 Å². The number of barbiturate groups is 1. The van der Waals surface area contributed by atoms with E-state index in [1.807, 2.05) is 13.8 Å². The Bertz CT molecular complexity index is 382. The van der Waals surface area contributed by atoms with Gasteiger partial charge in [-0.3, -0.25) is 19.8 Å². The molecule has 100 valence electrons. The van der Waals surface area contributed by atoms with E-state index in [2.05, 4.69) is 5.32 Å². The van der Waals surface area contributed by atoms with E-state index in [4.69, 9.17) is 4.74 Å². The number of nitrogens with one attached hydrogen (secondary N) is 1. The van der Waals surface area contributed by atoms with E-state index in [0.29, 0.717) is 19.4 Å². The van der Waals surface area contributed by atoms with Crippen molar-refractivity contribution in [1.29, 1.82) is 0 Å². The number of carbonyl (C=O) groups excluding carboxylic acids is 3. The van der Waals surface area contributed by atoms with Gasteiger partial charge in [-0.1, -0.05) is 13.3 Å². The summed E-state index contributed by atoms with van der Waals surface area (Å²) in [5, 5.41) is 2.26. The molecule has 2 saturated heterocycles. The summed E-state index contributed by atoms with van der Waals surface area (Å²) >= 11 is 0. The Morgan fingerprint density at radius 1 is 1.39 bits per heavy atom. The summed E-state index contributed by atoms with van der Waals surface area (Å²) in [6.07, 6.45) is 1.65. The Balaban J connectivity index is 2.20. The molecule has 0 saturated carbocycles. The number of carbonyl (C=O) groups is 3. The molecule has 0 radical (unpaired) electrons. The third-order valence-corrected chi connectivity index (χ3v) is 3.55. The number of imide groups is 2. The van der Waals surface area contributed by atoms with Gasteiger partial charge < -0.3 is 4.74 Å². The minimum atomic E-state index is -0.736. The minimum absolute atomic E-state index is 0.171. The number of ether oxygens (including phenoxy) is 1. The number of hydrogen-bond donors (Lipinski definition) is 1. The highest BCUT2D eigenvalue weighted by atomic mass is 16.5. The first-order chi connectivity index (χ1) is 8.56. The zero-order valence-electron chi connectivity index (χ0n) is 10.6. The zero-order chi connectivity index (χ0) is 13.3. The van der Waals surface area contributed by atoms with Crippen LogP contribution in [-0.2, 0) is 14.3 Å². The average Bonchev–Trinajstić information content (AvgIpc) is 2.71. The van der Waals surface area contributed by atoms with E-state index < -0.39 is 17.9 Å². The van der Waals surface area contributed by atoms with Crippen LogP contribution in [0.1, 0.15) is 33.1 Å². The van der Waals surface area contributed by atoms with Gasteiger partial charge in [0, 0.05) is 6.61 Å². The largest absolute Gasteiger partial charge is 0.376 e. The third kappa shape index (κ3) is 2.12. The first kappa shape index (κ1) is 13.0. The lowest BCUT2D eigenvalue weighted by Gasteiger charge is -2.35. The lowest BCUT2D eigenvalue weighted by molar-refractivity contribution is -0.145. The summed E-state index contributed by atoms with van der Waals surface area (Å²) in [6.45, 7) is 4.28. The zero-order valence-corrected chi connectivity index (χ0v) is 10.6. The maximum Gasteiger partial charge on any atom is 0.331 e. The lowest BCUT2D eigenvalue weighted by atomic mass is 9.97. The molecule has 0 spiro atoms. The molecule has 3 unspecified atom stereocenters. The normalized spacial score (nSPS) is 32.9. The molecule has 18 heavy (non-hydrogen) atoms. The van der Waals surface area contributed by atoms with Crippen molar-refractivity contribution in [2.75, 3.05) is 6.61 Å². The lowest BCUT2D eigenvalue weighted by Crippen LogP contribution is -2.62. The SMILES string of the molecule is CCCC1C(=O)NC(=O)N(C2CCOC2C)C1=O. The van der Waals surface area contributed by atoms with E-state index in [-0.39, 0.29) is 18.1 Å². The molecule has 2 rings (SSSR count). The number of rotatable bonds is 3. The Hall–Kier alpha value is -1.43. The highest BCUT2D eigenvalue weighted by molar-refractivity contribution is 6.16. The molecule has 1 N–H and O–H groups in total. The molecule has 2 aliphatic heterocycles. The number of urea groups is 1. The van der Waals surface area contributed by atoms with Gasteiger partial charge >= 0.3 is 6.03 Å². The van der Waals surface area contributed by atoms with Crippen molar-refractivity contribution in [3.05, 3.63) is 0 Å². The Labute approximate surface area is 106 Å². The summed E-state index contributed by atoms with van der Waals surface area (Å²) < 4.78 is 5.38. The molecule has 6 nitrogen and oxygen atoms in total. The first-order valence-electron chi connectivity index (χ1n) is 6.35. The van der Waals surface area contributed by atoms with Gasteiger partial charge in [0.05, 0.1) is 12.1 Å². The first-order valence-corrected chi connectivity index (χ1v) is 6.35. The number of hydrogen-bond acceptors (Lipinski definition) is 4. The molecule has 3 atom stereocenters. The number of amides is 4. The van der Waals surface area contributed by atoms with Crippen LogP contribution in [0.3, 0.4) is 0 Å². The summed E-state index contributed by atoms with van der Waals surface area (Å²) in [5.74, 6) is -1.59. The highest BCUT2D eigenvalue weighted by Crippen LogP contribution is 2.25. The fraction of sp³-hybridized carbons (Fsp3) is 0.750. The van der Waals surface area contributed by atoms with Crippen molar-refractivity contribution >= 4 is 17.8 Å². The van der Waals surface area contributed by atoms with Gasteiger partial charge in [-0.15, -0.1) is 0 Å². The molecule has 0 bridgehead atoms. The van der Waals surface area contributed by atoms with Crippen molar-refractivity contribution in [3.63, 3.8) is 0 Å². The molecule has 2 heterocycles. The van der Waals surface area contributed by atoms with E-state index in [9.17, 15) is 14.4 Å². The maximum atomic E-state index is 12.3. The highest BCUT2D eigenvalue weighted by Gasteiger charge is 2.45. The van der Waals surface area contributed by atoms with Crippen molar-refractivity contribution in [3.8, 4) is 0 Å². The van der Waals surface area contributed by atoms with E-state index in [0.717, 1.165) is 6.42 Å². The van der Waals surface area contributed by atoms with Crippen LogP contribution in [0.15, 0.2) is 0 Å². The van der Waals surface area contributed by atoms with Crippen molar-refractivity contribution in [1.82, 2.24) is 10.2 Å². The van der Waals surface area contributed by atoms with Gasteiger partial charge in [0.15, 0.2) is 0 Å². The summed E-state index contributed by atoms with van der Waals surface area (Å²) in [6, 6.07) is -0.871. The Morgan fingerprint density at radius 2 is 2.11 bits per heavy atom. The topological polar surface area (TPSA) is 75.7 Å². The van der Waals surface area contributed by atoms with E-state index in [1.165, 1.54) is 4.90 Å². The average molecular weight is 254 g/mol. The fourth-order valence-electron chi connectivity index (χ4n) is 2.55. The second-order valence-corrected chi connectivity index (χ2v) is 4.78. The quantitative estimate of drug-likeness (QED) is 0.751. The predicted octanol–water partition coefficient (Wildman–Crippen LogP) is 0.659. The van der Waals surface area contributed by atoms with Crippen molar-refractivity contribution in [2.45, 2.75) is 45.3 Å². The standard InChI is InChI=1S/C12H18N2O4/c1-3-4-8-10(15)13-12(17)14(11(8)16)9-5-6-18-7(9)2/h7-9H,3-6H2,1-2H3,(H,13,15,17). The van der Waals surface area contributed by atoms with E-state index >= 15 is 0 Å². The van der Waals surface area contributed by atoms with Gasteiger partial charge in [0.25, 0.3) is 0 Å². The molecule has 0 aromatic heterocycles. The molecular formula is C12H18N2O4. The minimum Gasteiger partial charge on any atom is -0.376 e. The molecule has 6 heteroatoms. The van der Waals surface area contributed by atoms with Crippen LogP contribution in [0, 0.1) is 5.92 Å². The molecule has 2 fully saturated rings. The molecule has 0 aliphatic carbocycles. The van der Waals surface area contributed by atoms with Crippen LogP contribution < -0.4 is 5.32 Å². The molecule has 2 aliphatic rings. The second kappa shape index (κ2) is 5.06. The van der Waals surface area contributed by atoms with Crippen molar-refractivity contribution in [2.24, 2.45) is 5.92 Å². The molecule has 4 amide bonds. The Morgan fingerprint density at radius 3 is 2.67 bits per heavy atom. The number of nitrogens with zero attached hydrogens (tertiary/aromatic N) is 1. The summed E-state index contributed by atoms with van der Waals surface area (Å²) in [7, 11) is 0. The van der Waals surface area contributed by atoms with Gasteiger partial charge in [-0.05, 0) is 19.8 Å². The van der Waals surface area contributed by atoms with E-state index in [1.54, 1.807) is 0 Å². The fourth-order valence-corrected chi connectivity index (χ4v) is 2.55. The maximum absolute atomic E-state index is 12.3. The third-order valence-electron chi connectivity index (χ3n) is 3.55. The van der Waals surface area contributed by atoms with Crippen LogP contribution in [0.4, 0.5) is 4.79 Å². The molecule has 0 aromatic carbocycles. The van der Waals surface area contributed by atoms with Crippen molar-refractivity contribution < 1.29 is 19.1 Å². The van der Waals surface area contributed by atoms with Crippen LogP contribution in [0.2, 0.25) is 0 Å². The van der Waals surface area contributed by atoms with Crippen LogP contribution in [0.25, 0.3) is 0 Å². The molecule has 0 aromatic rings. The van der Waals surface area contributed by atoms with Gasteiger partial charge in [-0.2, -0.15) is 0 Å². The van der Waals surface area contributed by atoms with Crippen LogP contribution in [-0.4, -0.2) is 41.5 Å². The monoisotopic (exact) mass is 254 g/mol. The summed E-state index contributed by atoms with van der Waals surface area (Å²) in [5.41, 5.74) is 0. The Kier molecular flexibility index (Phi) is 3.65. The van der Waals surface area contributed by atoms with Gasteiger partial charge in [0.2, 0.25) is 11.8 Å². The second-order valence-electron chi connectivity index (χ2n) is 4.78.